The zero-order valence-corrected chi connectivity index (χ0v) is 20.2. The van der Waals surface area contributed by atoms with E-state index in [1.54, 1.807) is 54.6 Å². The van der Waals surface area contributed by atoms with Gasteiger partial charge in [0.15, 0.2) is 11.5 Å². The fourth-order valence-electron chi connectivity index (χ4n) is 4.59. The summed E-state index contributed by atoms with van der Waals surface area (Å²) < 4.78 is 40.7. The van der Waals surface area contributed by atoms with Crippen LogP contribution >= 0.6 is 0 Å². The Morgan fingerprint density at radius 2 is 1.49 bits per heavy atom. The number of benzene rings is 3. The van der Waals surface area contributed by atoms with Crippen molar-refractivity contribution in [3.05, 3.63) is 101 Å². The van der Waals surface area contributed by atoms with Crippen molar-refractivity contribution in [3.63, 3.8) is 0 Å². The van der Waals surface area contributed by atoms with Crippen LogP contribution in [0.4, 0.5) is 0 Å². The number of carbonyl (C=O) groups is 1. The SMILES string of the molecule is Cc1ccc([C@H]2C(C(=O)O)=CC[C@@H](c3ccc4c(c3)OCO4)N2S(=O)(=O)c2ccc(C)cc2)cc1. The van der Waals surface area contributed by atoms with Crippen LogP contribution in [0.3, 0.4) is 0 Å². The molecule has 0 bridgehead atoms. The number of ether oxygens (including phenoxy) is 2. The number of hydrogen-bond acceptors (Lipinski definition) is 5. The number of carboxylic acids is 1. The number of carboxylic acid groups (broad SMARTS) is 1. The highest BCUT2D eigenvalue weighted by Gasteiger charge is 2.44. The van der Waals surface area contributed by atoms with Gasteiger partial charge in [-0.1, -0.05) is 59.7 Å². The number of aliphatic carboxylic acids is 1. The molecule has 0 saturated carbocycles. The fourth-order valence-corrected chi connectivity index (χ4v) is 6.37. The minimum Gasteiger partial charge on any atom is -0.478 e. The first-order valence-corrected chi connectivity index (χ1v) is 12.7. The van der Waals surface area contributed by atoms with E-state index in [0.29, 0.717) is 22.6 Å². The highest BCUT2D eigenvalue weighted by Crippen LogP contribution is 2.47. The van der Waals surface area contributed by atoms with Crippen molar-refractivity contribution < 1.29 is 27.8 Å². The molecule has 0 unspecified atom stereocenters. The van der Waals surface area contributed by atoms with E-state index in [-0.39, 0.29) is 23.7 Å². The number of fused-ring (bicyclic) bond motifs is 1. The van der Waals surface area contributed by atoms with Crippen molar-refractivity contribution >= 4 is 16.0 Å². The maximum atomic E-state index is 14.2. The molecule has 5 rings (SSSR count). The van der Waals surface area contributed by atoms with Gasteiger partial charge in [0, 0.05) is 0 Å². The molecule has 3 aromatic carbocycles. The Morgan fingerprint density at radius 1 is 0.886 bits per heavy atom. The first-order valence-electron chi connectivity index (χ1n) is 11.3. The number of hydrogen-bond donors (Lipinski definition) is 1. The van der Waals surface area contributed by atoms with Crippen molar-refractivity contribution in [3.8, 4) is 11.5 Å². The van der Waals surface area contributed by atoms with Gasteiger partial charge in [0.25, 0.3) is 0 Å². The van der Waals surface area contributed by atoms with Gasteiger partial charge in [0.1, 0.15) is 0 Å². The van der Waals surface area contributed by atoms with Crippen LogP contribution in [-0.4, -0.2) is 30.6 Å². The van der Waals surface area contributed by atoms with Crippen molar-refractivity contribution in [2.45, 2.75) is 37.2 Å². The summed E-state index contributed by atoms with van der Waals surface area (Å²) >= 11 is 0. The smallest absolute Gasteiger partial charge is 0.333 e. The minimum atomic E-state index is -4.11. The Morgan fingerprint density at radius 3 is 2.14 bits per heavy atom. The standard InChI is InChI=1S/C27H25NO6S/c1-17-3-7-19(8-4-17)26-22(27(29)30)12-13-23(20-9-14-24-25(15-20)34-16-33-24)28(26)35(31,32)21-10-5-18(2)6-11-21/h3-12,14-15,23,26H,13,16H2,1-2H3,(H,29,30)/t23-,26-/m0/s1. The van der Waals surface area contributed by atoms with Gasteiger partial charge in [-0.05, 0) is 55.7 Å². The molecular formula is C27H25NO6S. The monoisotopic (exact) mass is 491 g/mol. The van der Waals surface area contributed by atoms with E-state index in [1.165, 1.54) is 4.31 Å². The van der Waals surface area contributed by atoms with Gasteiger partial charge in [-0.25, -0.2) is 13.2 Å². The van der Waals surface area contributed by atoms with E-state index in [9.17, 15) is 18.3 Å². The molecule has 2 atom stereocenters. The molecule has 3 aromatic rings. The van der Waals surface area contributed by atoms with Crippen molar-refractivity contribution in [2.24, 2.45) is 0 Å². The second-order valence-electron chi connectivity index (χ2n) is 8.79. The minimum absolute atomic E-state index is 0.0292. The molecule has 2 aliphatic rings. The van der Waals surface area contributed by atoms with Gasteiger partial charge in [-0.15, -0.1) is 0 Å². The summed E-state index contributed by atoms with van der Waals surface area (Å²) in [6.07, 6.45) is 1.83. The van der Waals surface area contributed by atoms with Gasteiger partial charge in [0.05, 0.1) is 22.6 Å². The molecule has 0 spiro atoms. The molecule has 0 fully saturated rings. The molecular weight excluding hydrogens is 466 g/mol. The van der Waals surface area contributed by atoms with Crippen molar-refractivity contribution in [1.82, 2.24) is 4.31 Å². The average Bonchev–Trinajstić information content (AvgIpc) is 3.32. The normalized spacial score (nSPS) is 19.9. The van der Waals surface area contributed by atoms with Crippen molar-refractivity contribution in [2.75, 3.05) is 6.79 Å². The Balaban J connectivity index is 1.72. The van der Waals surface area contributed by atoms with E-state index < -0.39 is 28.1 Å². The topological polar surface area (TPSA) is 93.1 Å². The molecule has 0 aromatic heterocycles. The molecule has 180 valence electrons. The molecule has 2 aliphatic heterocycles. The van der Waals surface area contributed by atoms with Crippen LogP contribution in [0.15, 0.2) is 83.3 Å². The molecule has 0 amide bonds. The van der Waals surface area contributed by atoms with Crippen molar-refractivity contribution in [1.29, 1.82) is 0 Å². The predicted molar refractivity (Wildman–Crippen MR) is 130 cm³/mol. The lowest BCUT2D eigenvalue weighted by atomic mass is 9.89. The fraction of sp³-hybridized carbons (Fsp3) is 0.222. The summed E-state index contributed by atoms with van der Waals surface area (Å²) in [6.45, 7) is 3.91. The van der Waals surface area contributed by atoms with E-state index in [2.05, 4.69) is 0 Å². The average molecular weight is 492 g/mol. The Hall–Kier alpha value is -3.62. The quantitative estimate of drug-likeness (QED) is 0.545. The summed E-state index contributed by atoms with van der Waals surface area (Å²) in [5.74, 6) is -0.0201. The molecule has 2 heterocycles. The summed E-state index contributed by atoms with van der Waals surface area (Å²) in [7, 11) is -4.11. The van der Waals surface area contributed by atoms with E-state index in [0.717, 1.165) is 11.1 Å². The third kappa shape index (κ3) is 4.19. The van der Waals surface area contributed by atoms with Gasteiger partial charge < -0.3 is 14.6 Å². The lowest BCUT2D eigenvalue weighted by molar-refractivity contribution is -0.133. The Labute approximate surface area is 204 Å². The Bertz CT molecular complexity index is 1410. The molecule has 0 saturated heterocycles. The van der Waals surface area contributed by atoms with Crippen LogP contribution in [0.25, 0.3) is 0 Å². The van der Waals surface area contributed by atoms with E-state index in [1.807, 2.05) is 32.0 Å². The van der Waals surface area contributed by atoms with Gasteiger partial charge in [-0.2, -0.15) is 4.31 Å². The summed E-state index contributed by atoms with van der Waals surface area (Å²) in [6, 6.07) is 17.6. The number of sulfonamides is 1. The molecule has 8 heteroatoms. The molecule has 1 N–H and O–H groups in total. The van der Waals surface area contributed by atoms with Crippen LogP contribution in [0, 0.1) is 13.8 Å². The van der Waals surface area contributed by atoms with E-state index in [4.69, 9.17) is 9.47 Å². The first-order chi connectivity index (χ1) is 16.8. The zero-order valence-electron chi connectivity index (χ0n) is 19.3. The highest BCUT2D eigenvalue weighted by atomic mass is 32.2. The van der Waals surface area contributed by atoms with Gasteiger partial charge in [-0.3, -0.25) is 0 Å². The maximum absolute atomic E-state index is 14.2. The molecule has 0 aliphatic carbocycles. The summed E-state index contributed by atoms with van der Waals surface area (Å²) in [4.78, 5) is 12.4. The van der Waals surface area contributed by atoms with Gasteiger partial charge >= 0.3 is 5.97 Å². The number of rotatable bonds is 5. The van der Waals surface area contributed by atoms with Crippen LogP contribution in [0.2, 0.25) is 0 Å². The molecule has 7 nitrogen and oxygen atoms in total. The van der Waals surface area contributed by atoms with Crippen LogP contribution in [0.1, 0.15) is 40.8 Å². The highest BCUT2D eigenvalue weighted by molar-refractivity contribution is 7.89. The van der Waals surface area contributed by atoms with Crippen LogP contribution < -0.4 is 9.47 Å². The third-order valence-electron chi connectivity index (χ3n) is 6.44. The summed E-state index contributed by atoms with van der Waals surface area (Å²) in [5.41, 5.74) is 3.23. The lowest BCUT2D eigenvalue weighted by Crippen LogP contribution is -2.42. The third-order valence-corrected chi connectivity index (χ3v) is 8.32. The zero-order chi connectivity index (χ0) is 24.7. The number of aryl methyl sites for hydroxylation is 2. The number of nitrogens with zero attached hydrogens (tertiary/aromatic N) is 1. The first kappa shape index (κ1) is 23.1. The lowest BCUT2D eigenvalue weighted by Gasteiger charge is -2.40. The maximum Gasteiger partial charge on any atom is 0.333 e. The second-order valence-corrected chi connectivity index (χ2v) is 10.6. The summed E-state index contributed by atoms with van der Waals surface area (Å²) in [5, 5.41) is 10.1. The van der Waals surface area contributed by atoms with Crippen LogP contribution in [0.5, 0.6) is 11.5 Å². The van der Waals surface area contributed by atoms with Crippen LogP contribution in [-0.2, 0) is 14.8 Å². The molecule has 35 heavy (non-hydrogen) atoms. The second kappa shape index (κ2) is 8.87. The van der Waals surface area contributed by atoms with E-state index >= 15 is 0 Å². The molecule has 0 radical (unpaired) electrons. The van der Waals surface area contributed by atoms with Gasteiger partial charge in [0.2, 0.25) is 16.8 Å². The largest absolute Gasteiger partial charge is 0.478 e. The predicted octanol–water partition coefficient (Wildman–Crippen LogP) is 4.92. The Kier molecular flexibility index (Phi) is 5.86.